The molecule has 0 radical (unpaired) electrons. The Morgan fingerprint density at radius 2 is 2.00 bits per heavy atom. The van der Waals surface area contributed by atoms with Crippen molar-refractivity contribution in [2.24, 2.45) is 0 Å². The summed E-state index contributed by atoms with van der Waals surface area (Å²) in [5.74, 6) is 1.31. The van der Waals surface area contributed by atoms with Crippen LogP contribution in [0.2, 0.25) is 0 Å². The Labute approximate surface area is 145 Å². The Hall–Kier alpha value is -2.15. The first-order valence-electron chi connectivity index (χ1n) is 7.78. The SMILES string of the molecule is Cc1ccc(-c2nc(CSc3nnnn3C(C)(C)C)co2)c(C)c1. The molecule has 0 bridgehead atoms. The molecule has 0 aliphatic heterocycles. The fourth-order valence-corrected chi connectivity index (χ4v) is 3.32. The molecule has 0 unspecified atom stereocenters. The quantitative estimate of drug-likeness (QED) is 0.667. The molecular weight excluding hydrogens is 322 g/mol. The summed E-state index contributed by atoms with van der Waals surface area (Å²) in [6.07, 6.45) is 1.70. The Bertz CT molecular complexity index is 847. The molecule has 126 valence electrons. The van der Waals surface area contributed by atoms with E-state index in [2.05, 4.69) is 67.3 Å². The maximum atomic E-state index is 5.66. The number of aryl methyl sites for hydroxylation is 2. The Kier molecular flexibility index (Phi) is 4.45. The van der Waals surface area contributed by atoms with Crippen LogP contribution < -0.4 is 0 Å². The number of benzene rings is 1. The largest absolute Gasteiger partial charge is 0.444 e. The lowest BCUT2D eigenvalue weighted by Gasteiger charge is -2.19. The average Bonchev–Trinajstić information content (AvgIpc) is 3.13. The van der Waals surface area contributed by atoms with E-state index in [0.29, 0.717) is 11.6 Å². The number of hydrogen-bond acceptors (Lipinski definition) is 6. The first kappa shape index (κ1) is 16.7. The summed E-state index contributed by atoms with van der Waals surface area (Å²) in [6.45, 7) is 10.4. The molecule has 2 aromatic heterocycles. The van der Waals surface area contributed by atoms with Crippen molar-refractivity contribution in [1.29, 1.82) is 0 Å². The molecule has 0 saturated heterocycles. The lowest BCUT2D eigenvalue weighted by atomic mass is 10.1. The fraction of sp³-hybridized carbons (Fsp3) is 0.412. The van der Waals surface area contributed by atoms with Gasteiger partial charge in [-0.15, -0.1) is 5.10 Å². The van der Waals surface area contributed by atoms with Gasteiger partial charge in [0.1, 0.15) is 6.26 Å². The van der Waals surface area contributed by atoms with Gasteiger partial charge in [0, 0.05) is 11.3 Å². The Morgan fingerprint density at radius 1 is 1.21 bits per heavy atom. The third-order valence-electron chi connectivity index (χ3n) is 3.59. The monoisotopic (exact) mass is 343 g/mol. The minimum Gasteiger partial charge on any atom is -0.444 e. The molecule has 0 spiro atoms. The minimum atomic E-state index is -0.153. The third kappa shape index (κ3) is 3.51. The van der Waals surface area contributed by atoms with Gasteiger partial charge in [0.25, 0.3) is 0 Å². The third-order valence-corrected chi connectivity index (χ3v) is 4.54. The summed E-state index contributed by atoms with van der Waals surface area (Å²) < 4.78 is 7.48. The second kappa shape index (κ2) is 6.39. The smallest absolute Gasteiger partial charge is 0.226 e. The first-order valence-corrected chi connectivity index (χ1v) is 8.77. The fourth-order valence-electron chi connectivity index (χ4n) is 2.38. The van der Waals surface area contributed by atoms with Crippen molar-refractivity contribution < 1.29 is 4.42 Å². The van der Waals surface area contributed by atoms with Crippen LogP contribution in [0.5, 0.6) is 0 Å². The van der Waals surface area contributed by atoms with Crippen LogP contribution in [0, 0.1) is 13.8 Å². The standard InChI is InChI=1S/C17H21N5OS/c1-11-6-7-14(12(2)8-11)15-18-13(9-23-15)10-24-16-19-20-21-22(16)17(3,4)5/h6-9H,10H2,1-5H3. The summed E-state index contributed by atoms with van der Waals surface area (Å²) in [4.78, 5) is 4.60. The zero-order valence-corrected chi connectivity index (χ0v) is 15.4. The lowest BCUT2D eigenvalue weighted by molar-refractivity contribution is 0.321. The van der Waals surface area contributed by atoms with Crippen LogP contribution >= 0.6 is 11.8 Å². The van der Waals surface area contributed by atoms with Crippen LogP contribution in [0.1, 0.15) is 37.6 Å². The van der Waals surface area contributed by atoms with Gasteiger partial charge in [0.2, 0.25) is 11.0 Å². The number of rotatable bonds is 4. The van der Waals surface area contributed by atoms with Crippen molar-refractivity contribution >= 4 is 11.8 Å². The van der Waals surface area contributed by atoms with Crippen LogP contribution in [-0.2, 0) is 11.3 Å². The van der Waals surface area contributed by atoms with E-state index >= 15 is 0 Å². The van der Waals surface area contributed by atoms with Crippen LogP contribution in [0.25, 0.3) is 11.5 Å². The van der Waals surface area contributed by atoms with Gasteiger partial charge in [-0.05, 0) is 56.7 Å². The Balaban J connectivity index is 1.74. The molecule has 3 aromatic rings. The van der Waals surface area contributed by atoms with Gasteiger partial charge in [-0.25, -0.2) is 9.67 Å². The van der Waals surface area contributed by atoms with Crippen molar-refractivity contribution in [2.45, 2.75) is 51.1 Å². The first-order chi connectivity index (χ1) is 11.3. The molecule has 3 rings (SSSR count). The summed E-state index contributed by atoms with van der Waals surface area (Å²) in [5, 5.41) is 12.7. The van der Waals surface area contributed by atoms with Crippen molar-refractivity contribution in [2.75, 3.05) is 0 Å². The number of thioether (sulfide) groups is 1. The summed E-state index contributed by atoms with van der Waals surface area (Å²) in [5.41, 5.74) is 4.13. The van der Waals surface area contributed by atoms with E-state index in [1.165, 1.54) is 5.56 Å². The van der Waals surface area contributed by atoms with E-state index in [1.54, 1.807) is 18.0 Å². The minimum absolute atomic E-state index is 0.153. The summed E-state index contributed by atoms with van der Waals surface area (Å²) in [7, 11) is 0. The summed E-state index contributed by atoms with van der Waals surface area (Å²) in [6, 6.07) is 6.25. The van der Waals surface area contributed by atoms with Crippen molar-refractivity contribution in [1.82, 2.24) is 25.2 Å². The molecule has 0 saturated carbocycles. The molecular formula is C17H21N5OS. The second-order valence-electron chi connectivity index (χ2n) is 6.80. The van der Waals surface area contributed by atoms with Gasteiger partial charge in [-0.1, -0.05) is 29.5 Å². The molecule has 0 atom stereocenters. The van der Waals surface area contributed by atoms with Gasteiger partial charge in [-0.2, -0.15) is 0 Å². The molecule has 6 nitrogen and oxygen atoms in total. The molecule has 0 fully saturated rings. The molecule has 0 aliphatic carbocycles. The van der Waals surface area contributed by atoms with Crippen LogP contribution in [-0.4, -0.2) is 25.2 Å². The van der Waals surface area contributed by atoms with Gasteiger partial charge >= 0.3 is 0 Å². The van der Waals surface area contributed by atoms with Crippen LogP contribution in [0.15, 0.2) is 34.0 Å². The van der Waals surface area contributed by atoms with Gasteiger partial charge in [-0.3, -0.25) is 0 Å². The predicted molar refractivity (Wildman–Crippen MR) is 93.8 cm³/mol. The van der Waals surface area contributed by atoms with Gasteiger partial charge in [0.05, 0.1) is 11.2 Å². The molecule has 0 aliphatic rings. The second-order valence-corrected chi connectivity index (χ2v) is 7.74. The van der Waals surface area contributed by atoms with E-state index in [0.717, 1.165) is 22.0 Å². The molecule has 0 amide bonds. The Morgan fingerprint density at radius 3 is 2.71 bits per heavy atom. The normalized spacial score (nSPS) is 11.9. The van der Waals surface area contributed by atoms with Crippen molar-refractivity contribution in [3.8, 4) is 11.5 Å². The van der Waals surface area contributed by atoms with Crippen molar-refractivity contribution in [3.05, 3.63) is 41.3 Å². The van der Waals surface area contributed by atoms with E-state index in [1.807, 2.05) is 10.7 Å². The summed E-state index contributed by atoms with van der Waals surface area (Å²) >= 11 is 1.55. The predicted octanol–water partition coefficient (Wildman–Crippen LogP) is 3.99. The highest BCUT2D eigenvalue weighted by Crippen LogP contribution is 2.27. The molecule has 24 heavy (non-hydrogen) atoms. The molecule has 2 heterocycles. The molecule has 0 N–H and O–H groups in total. The highest BCUT2D eigenvalue weighted by atomic mass is 32.2. The maximum absolute atomic E-state index is 5.66. The van der Waals surface area contributed by atoms with Crippen LogP contribution in [0.4, 0.5) is 0 Å². The average molecular weight is 343 g/mol. The lowest BCUT2D eigenvalue weighted by Crippen LogP contribution is -2.24. The number of aromatic nitrogens is 5. The van der Waals surface area contributed by atoms with Crippen LogP contribution in [0.3, 0.4) is 0 Å². The highest BCUT2D eigenvalue weighted by molar-refractivity contribution is 7.98. The zero-order chi connectivity index (χ0) is 17.3. The zero-order valence-electron chi connectivity index (χ0n) is 14.6. The van der Waals surface area contributed by atoms with Gasteiger partial charge in [0.15, 0.2) is 0 Å². The maximum Gasteiger partial charge on any atom is 0.226 e. The number of oxazole rings is 1. The van der Waals surface area contributed by atoms with E-state index in [9.17, 15) is 0 Å². The van der Waals surface area contributed by atoms with E-state index < -0.39 is 0 Å². The van der Waals surface area contributed by atoms with E-state index in [-0.39, 0.29) is 5.54 Å². The topological polar surface area (TPSA) is 69.6 Å². The van der Waals surface area contributed by atoms with Gasteiger partial charge < -0.3 is 4.42 Å². The number of tetrazole rings is 1. The number of hydrogen-bond donors (Lipinski definition) is 0. The molecule has 7 heteroatoms. The number of nitrogens with zero attached hydrogens (tertiary/aromatic N) is 5. The van der Waals surface area contributed by atoms with E-state index in [4.69, 9.17) is 4.42 Å². The highest BCUT2D eigenvalue weighted by Gasteiger charge is 2.20. The molecule has 1 aromatic carbocycles. The van der Waals surface area contributed by atoms with Crippen molar-refractivity contribution in [3.63, 3.8) is 0 Å².